The van der Waals surface area contributed by atoms with Gasteiger partial charge in [-0.25, -0.2) is 22.6 Å². The molecule has 1 saturated heterocycles. The van der Waals surface area contributed by atoms with Crippen molar-refractivity contribution < 1.29 is 12.8 Å². The number of imidazole rings is 1. The highest BCUT2D eigenvalue weighted by Gasteiger charge is 2.24. The van der Waals surface area contributed by atoms with Crippen LogP contribution in [0.4, 0.5) is 4.39 Å². The fourth-order valence-corrected chi connectivity index (χ4v) is 5.22. The summed E-state index contributed by atoms with van der Waals surface area (Å²) in [4.78, 5) is 19.6. The average molecular weight is 490 g/mol. The summed E-state index contributed by atoms with van der Waals surface area (Å²) in [5, 5.41) is 0. The van der Waals surface area contributed by atoms with Crippen LogP contribution in [-0.2, 0) is 30.2 Å². The molecule has 0 saturated carbocycles. The first-order chi connectivity index (χ1) is 15.8. The number of fused-ring (bicyclic) bond motifs is 1. The van der Waals surface area contributed by atoms with Crippen molar-refractivity contribution in [3.8, 4) is 11.3 Å². The van der Waals surface area contributed by atoms with Crippen LogP contribution in [0.1, 0.15) is 26.3 Å². The van der Waals surface area contributed by atoms with Gasteiger partial charge in [0, 0.05) is 51.9 Å². The van der Waals surface area contributed by atoms with Gasteiger partial charge in [-0.1, -0.05) is 26.8 Å². The lowest BCUT2D eigenvalue weighted by atomic mass is 9.97. The highest BCUT2D eigenvalue weighted by molar-refractivity contribution is 7.88. The van der Waals surface area contributed by atoms with Crippen molar-refractivity contribution in [1.29, 1.82) is 0 Å². The first kappa shape index (κ1) is 24.6. The minimum absolute atomic E-state index is 0.0793. The molecule has 8 nitrogen and oxygen atoms in total. The molecule has 3 aromatic rings. The first-order valence-corrected chi connectivity index (χ1v) is 13.2. The number of benzene rings is 1. The maximum atomic E-state index is 14.8. The Labute approximate surface area is 199 Å². The summed E-state index contributed by atoms with van der Waals surface area (Å²) in [6, 6.07) is 8.56. The van der Waals surface area contributed by atoms with Crippen LogP contribution in [0.3, 0.4) is 0 Å². The van der Waals surface area contributed by atoms with Gasteiger partial charge in [-0.2, -0.15) is 4.31 Å². The molecule has 0 radical (unpaired) electrons. The van der Waals surface area contributed by atoms with Crippen molar-refractivity contribution in [2.75, 3.05) is 32.4 Å². The Morgan fingerprint density at radius 1 is 1.06 bits per heavy atom. The minimum atomic E-state index is -3.18. The van der Waals surface area contributed by atoms with Crippen LogP contribution in [0.5, 0.6) is 0 Å². The van der Waals surface area contributed by atoms with Crippen LogP contribution in [-0.4, -0.2) is 64.2 Å². The van der Waals surface area contributed by atoms with Gasteiger partial charge >= 0.3 is 5.69 Å². The molecule has 1 fully saturated rings. The number of hydrogen-bond acceptors (Lipinski definition) is 5. The summed E-state index contributed by atoms with van der Waals surface area (Å²) in [6.45, 7) is 9.50. The topological polar surface area (TPSA) is 80.4 Å². The summed E-state index contributed by atoms with van der Waals surface area (Å²) in [5.41, 5.74) is 2.80. The van der Waals surface area contributed by atoms with Gasteiger partial charge in [0.2, 0.25) is 10.0 Å². The fraction of sp³-hybridized carbons (Fsp3) is 0.500. The predicted octanol–water partition coefficient (Wildman–Crippen LogP) is 2.66. The van der Waals surface area contributed by atoms with Crippen molar-refractivity contribution in [2.45, 2.75) is 33.9 Å². The lowest BCUT2D eigenvalue weighted by molar-refractivity contribution is 0.182. The molecular weight excluding hydrogens is 457 g/mol. The van der Waals surface area contributed by atoms with Gasteiger partial charge in [0.1, 0.15) is 5.82 Å². The van der Waals surface area contributed by atoms with Crippen molar-refractivity contribution >= 4 is 21.2 Å². The van der Waals surface area contributed by atoms with E-state index in [0.717, 1.165) is 11.1 Å². The maximum absolute atomic E-state index is 14.8. The van der Waals surface area contributed by atoms with E-state index in [4.69, 9.17) is 0 Å². The second kappa shape index (κ2) is 8.90. The van der Waals surface area contributed by atoms with Crippen LogP contribution >= 0.6 is 0 Å². The molecule has 34 heavy (non-hydrogen) atoms. The number of sulfonamides is 1. The Bertz CT molecular complexity index is 1380. The Balaban J connectivity index is 1.61. The van der Waals surface area contributed by atoms with E-state index >= 15 is 0 Å². The van der Waals surface area contributed by atoms with Gasteiger partial charge < -0.3 is 0 Å². The normalized spacial score (nSPS) is 16.4. The number of aryl methyl sites for hydroxylation is 1. The van der Waals surface area contributed by atoms with Crippen molar-refractivity contribution in [3.63, 3.8) is 0 Å². The van der Waals surface area contributed by atoms with E-state index < -0.39 is 10.0 Å². The largest absolute Gasteiger partial charge is 0.330 e. The zero-order valence-corrected chi connectivity index (χ0v) is 21.2. The number of aromatic nitrogens is 3. The zero-order chi connectivity index (χ0) is 24.8. The monoisotopic (exact) mass is 489 g/mol. The number of halogens is 1. The van der Waals surface area contributed by atoms with E-state index in [2.05, 4.69) is 30.7 Å². The second-order valence-electron chi connectivity index (χ2n) is 10.3. The highest BCUT2D eigenvalue weighted by Crippen LogP contribution is 2.26. The molecule has 10 heteroatoms. The average Bonchev–Trinajstić information content (AvgIpc) is 2.98. The van der Waals surface area contributed by atoms with Gasteiger partial charge in [0.25, 0.3) is 0 Å². The quantitative estimate of drug-likeness (QED) is 0.551. The molecule has 0 atom stereocenters. The Morgan fingerprint density at radius 3 is 2.35 bits per heavy atom. The standard InChI is InChI=1S/C24H32FN5O3S/c1-24(2,3)16-30-21-9-8-20(26-22(21)27(4)23(30)31)18-14-17(6-7-19(18)25)15-28-10-12-29(13-11-28)34(5,32)33/h6-9,14H,10-13,15-16H2,1-5H3. The molecule has 0 bridgehead atoms. The highest BCUT2D eigenvalue weighted by atomic mass is 32.2. The van der Waals surface area contributed by atoms with Crippen LogP contribution < -0.4 is 5.69 Å². The number of piperazine rings is 1. The van der Waals surface area contributed by atoms with Crippen LogP contribution in [0.2, 0.25) is 0 Å². The lowest BCUT2D eigenvalue weighted by Crippen LogP contribution is -2.47. The van der Waals surface area contributed by atoms with Gasteiger partial charge in [0.15, 0.2) is 5.65 Å². The third-order valence-corrected chi connectivity index (χ3v) is 7.43. The fourth-order valence-electron chi connectivity index (χ4n) is 4.39. The van der Waals surface area contributed by atoms with Gasteiger partial charge in [0.05, 0.1) is 17.5 Å². The van der Waals surface area contributed by atoms with E-state index in [1.165, 1.54) is 21.2 Å². The van der Waals surface area contributed by atoms with Crippen LogP contribution in [0.25, 0.3) is 22.4 Å². The number of pyridine rings is 1. The van der Waals surface area contributed by atoms with E-state index in [0.29, 0.717) is 56.2 Å². The van der Waals surface area contributed by atoms with Gasteiger partial charge in [-0.3, -0.25) is 14.0 Å². The lowest BCUT2D eigenvalue weighted by Gasteiger charge is -2.33. The van der Waals surface area contributed by atoms with Gasteiger partial charge in [-0.15, -0.1) is 0 Å². The third-order valence-electron chi connectivity index (χ3n) is 6.13. The molecule has 0 N–H and O–H groups in total. The molecule has 4 rings (SSSR count). The summed E-state index contributed by atoms with van der Waals surface area (Å²) < 4.78 is 43.0. The van der Waals surface area contributed by atoms with E-state index in [1.54, 1.807) is 29.8 Å². The second-order valence-corrected chi connectivity index (χ2v) is 12.3. The first-order valence-electron chi connectivity index (χ1n) is 11.4. The molecule has 0 amide bonds. The molecule has 2 aromatic heterocycles. The van der Waals surface area contributed by atoms with Crippen molar-refractivity contribution in [2.24, 2.45) is 12.5 Å². The molecule has 1 aromatic carbocycles. The summed E-state index contributed by atoms with van der Waals surface area (Å²) in [5.74, 6) is -0.378. The van der Waals surface area contributed by atoms with E-state index in [1.807, 2.05) is 6.07 Å². The summed E-state index contributed by atoms with van der Waals surface area (Å²) >= 11 is 0. The molecular formula is C24H32FN5O3S. The Kier molecular flexibility index (Phi) is 6.43. The van der Waals surface area contributed by atoms with Crippen LogP contribution in [0, 0.1) is 11.2 Å². The summed E-state index contributed by atoms with van der Waals surface area (Å²) in [6.07, 6.45) is 1.23. The third kappa shape index (κ3) is 5.08. The molecule has 3 heterocycles. The smallest absolute Gasteiger partial charge is 0.296 e. The minimum Gasteiger partial charge on any atom is -0.296 e. The Hall–Kier alpha value is -2.56. The molecule has 1 aliphatic heterocycles. The number of hydrogen-bond donors (Lipinski definition) is 0. The molecule has 0 unspecified atom stereocenters. The molecule has 0 spiro atoms. The van der Waals surface area contributed by atoms with Crippen molar-refractivity contribution in [1.82, 2.24) is 23.3 Å². The Morgan fingerprint density at radius 2 is 1.74 bits per heavy atom. The van der Waals surface area contributed by atoms with E-state index in [9.17, 15) is 17.6 Å². The molecule has 1 aliphatic rings. The number of rotatable bonds is 5. The molecule has 0 aliphatic carbocycles. The maximum Gasteiger partial charge on any atom is 0.330 e. The van der Waals surface area contributed by atoms with Gasteiger partial charge in [-0.05, 0) is 35.2 Å². The SMILES string of the molecule is Cn1c(=O)n(CC(C)(C)C)c2ccc(-c3cc(CN4CCN(S(C)(=O)=O)CC4)ccc3F)nc21. The number of nitrogens with zero attached hydrogens (tertiary/aromatic N) is 5. The van der Waals surface area contributed by atoms with Crippen LogP contribution in [0.15, 0.2) is 35.1 Å². The molecule has 184 valence electrons. The van der Waals surface area contributed by atoms with Crippen molar-refractivity contribution in [3.05, 3.63) is 52.2 Å². The zero-order valence-electron chi connectivity index (χ0n) is 20.4. The van der Waals surface area contributed by atoms with E-state index in [-0.39, 0.29) is 16.9 Å². The summed E-state index contributed by atoms with van der Waals surface area (Å²) in [7, 11) is -1.50. The predicted molar refractivity (Wildman–Crippen MR) is 132 cm³/mol.